The highest BCUT2D eigenvalue weighted by Crippen LogP contribution is 2.21. The fraction of sp³-hybridized carbons (Fsp3) is 1.00. The Morgan fingerprint density at radius 3 is 2.75 bits per heavy atom. The van der Waals surface area contributed by atoms with Gasteiger partial charge in [0.2, 0.25) is 0 Å². The first kappa shape index (κ1) is 13.9. The molecule has 1 aliphatic heterocycles. The lowest BCUT2D eigenvalue weighted by Crippen LogP contribution is -2.62. The third kappa shape index (κ3) is 3.70. The summed E-state index contributed by atoms with van der Waals surface area (Å²) in [7, 11) is 0. The van der Waals surface area contributed by atoms with Crippen LogP contribution in [0.3, 0.4) is 0 Å². The van der Waals surface area contributed by atoms with Gasteiger partial charge in [0, 0.05) is 31.2 Å². The molecular weight excluding hydrogens is 203 g/mol. The molecule has 0 aromatic rings. The first-order valence-corrected chi connectivity index (χ1v) is 6.70. The number of halogens is 1. The first-order chi connectivity index (χ1) is 7.65. The van der Waals surface area contributed by atoms with Crippen LogP contribution in [0.1, 0.15) is 46.5 Å². The van der Waals surface area contributed by atoms with Crippen molar-refractivity contribution in [1.82, 2.24) is 10.2 Å². The number of rotatable bonds is 6. The maximum atomic E-state index is 12.3. The van der Waals surface area contributed by atoms with Gasteiger partial charge in [-0.15, -0.1) is 0 Å². The molecule has 1 N–H and O–H groups in total. The molecule has 1 rings (SSSR count). The van der Waals surface area contributed by atoms with E-state index in [2.05, 4.69) is 31.0 Å². The Morgan fingerprint density at radius 2 is 2.19 bits per heavy atom. The second-order valence-corrected chi connectivity index (χ2v) is 5.25. The number of hydrogen-bond acceptors (Lipinski definition) is 2. The van der Waals surface area contributed by atoms with Gasteiger partial charge in [-0.05, 0) is 26.2 Å². The number of nitrogens with zero attached hydrogens (tertiary/aromatic N) is 1. The smallest absolute Gasteiger partial charge is 0.0906 e. The quantitative estimate of drug-likeness (QED) is 0.754. The summed E-state index contributed by atoms with van der Waals surface area (Å²) in [5.41, 5.74) is 0.223. The Hall–Kier alpha value is -0.150. The fourth-order valence-electron chi connectivity index (χ4n) is 2.51. The van der Waals surface area contributed by atoms with Crippen LogP contribution in [-0.2, 0) is 0 Å². The molecule has 1 aliphatic rings. The maximum Gasteiger partial charge on any atom is 0.0906 e. The molecular formula is C13H27FN2. The summed E-state index contributed by atoms with van der Waals surface area (Å²) >= 11 is 0. The summed E-state index contributed by atoms with van der Waals surface area (Å²) in [4.78, 5) is 2.49. The topological polar surface area (TPSA) is 15.3 Å². The van der Waals surface area contributed by atoms with Crippen molar-refractivity contribution in [3.8, 4) is 0 Å². The normalized spacial score (nSPS) is 31.9. The van der Waals surface area contributed by atoms with Gasteiger partial charge in [0.1, 0.15) is 0 Å². The molecule has 1 fully saturated rings. The van der Waals surface area contributed by atoms with Gasteiger partial charge >= 0.3 is 0 Å². The summed E-state index contributed by atoms with van der Waals surface area (Å²) in [6, 6.07) is 0.608. The van der Waals surface area contributed by atoms with Gasteiger partial charge in [0.15, 0.2) is 0 Å². The molecule has 0 aromatic carbocycles. The summed E-state index contributed by atoms with van der Waals surface area (Å²) in [5.74, 6) is 0. The highest BCUT2D eigenvalue weighted by Gasteiger charge is 2.33. The van der Waals surface area contributed by atoms with Crippen LogP contribution in [0, 0.1) is 0 Å². The van der Waals surface area contributed by atoms with Crippen LogP contribution in [0.2, 0.25) is 0 Å². The number of alkyl halides is 1. The van der Waals surface area contributed by atoms with Gasteiger partial charge < -0.3 is 5.32 Å². The molecule has 0 aromatic heterocycles. The third-order valence-electron chi connectivity index (χ3n) is 3.81. The minimum atomic E-state index is -0.189. The number of hydrogen-bond donors (Lipinski definition) is 1. The largest absolute Gasteiger partial charge is 0.309 e. The fourth-order valence-corrected chi connectivity index (χ4v) is 2.51. The molecule has 0 bridgehead atoms. The zero-order chi connectivity index (χ0) is 12.0. The van der Waals surface area contributed by atoms with E-state index in [1.54, 1.807) is 0 Å². The molecule has 96 valence electrons. The van der Waals surface area contributed by atoms with Crippen molar-refractivity contribution in [3.63, 3.8) is 0 Å². The second kappa shape index (κ2) is 6.55. The van der Waals surface area contributed by atoms with E-state index in [0.29, 0.717) is 12.5 Å². The molecule has 3 heteroatoms. The van der Waals surface area contributed by atoms with Crippen LogP contribution in [0.25, 0.3) is 0 Å². The molecule has 2 unspecified atom stereocenters. The van der Waals surface area contributed by atoms with Crippen LogP contribution in [0.4, 0.5) is 4.39 Å². The van der Waals surface area contributed by atoms with Crippen molar-refractivity contribution in [3.05, 3.63) is 0 Å². The van der Waals surface area contributed by atoms with E-state index in [0.717, 1.165) is 26.1 Å². The van der Waals surface area contributed by atoms with Gasteiger partial charge in [-0.3, -0.25) is 9.29 Å². The van der Waals surface area contributed by atoms with Crippen LogP contribution in [-0.4, -0.2) is 42.8 Å². The zero-order valence-electron chi connectivity index (χ0n) is 11.1. The molecule has 2 atom stereocenters. The minimum absolute atomic E-state index is 0.189. The van der Waals surface area contributed by atoms with Crippen molar-refractivity contribution in [2.45, 2.75) is 58.0 Å². The number of piperazine rings is 1. The monoisotopic (exact) mass is 230 g/mol. The van der Waals surface area contributed by atoms with Gasteiger partial charge in [0.05, 0.1) is 6.67 Å². The predicted molar refractivity (Wildman–Crippen MR) is 67.6 cm³/mol. The standard InChI is InChI=1S/C13H27FN2/c1-4-7-12-10-15-13(3,5-2)11-16(12)9-6-8-14/h12,15H,4-11H2,1-3H3. The minimum Gasteiger partial charge on any atom is -0.309 e. The molecule has 2 nitrogen and oxygen atoms in total. The Bertz CT molecular complexity index is 198. The zero-order valence-corrected chi connectivity index (χ0v) is 11.1. The van der Waals surface area contributed by atoms with E-state index in [-0.39, 0.29) is 12.2 Å². The Morgan fingerprint density at radius 1 is 1.44 bits per heavy atom. The lowest BCUT2D eigenvalue weighted by Gasteiger charge is -2.46. The maximum absolute atomic E-state index is 12.3. The summed E-state index contributed by atoms with van der Waals surface area (Å²) < 4.78 is 12.3. The molecule has 1 saturated heterocycles. The first-order valence-electron chi connectivity index (χ1n) is 6.70. The van der Waals surface area contributed by atoms with Crippen molar-refractivity contribution in [2.24, 2.45) is 0 Å². The lowest BCUT2D eigenvalue weighted by atomic mass is 9.92. The van der Waals surface area contributed by atoms with Crippen LogP contribution in [0.5, 0.6) is 0 Å². The molecule has 0 spiro atoms. The summed E-state index contributed by atoms with van der Waals surface area (Å²) in [6.07, 6.45) is 4.25. The van der Waals surface area contributed by atoms with E-state index >= 15 is 0 Å². The summed E-state index contributed by atoms with van der Waals surface area (Å²) in [5, 5.41) is 3.65. The molecule has 0 saturated carbocycles. The molecule has 0 radical (unpaired) electrons. The van der Waals surface area contributed by atoms with Gasteiger partial charge in [-0.2, -0.15) is 0 Å². The van der Waals surface area contributed by atoms with Crippen molar-refractivity contribution in [2.75, 3.05) is 26.3 Å². The van der Waals surface area contributed by atoms with E-state index in [4.69, 9.17) is 0 Å². The van der Waals surface area contributed by atoms with Crippen LogP contribution in [0.15, 0.2) is 0 Å². The molecule has 0 amide bonds. The molecule has 0 aliphatic carbocycles. The van der Waals surface area contributed by atoms with E-state index in [1.165, 1.54) is 12.8 Å². The average Bonchev–Trinajstić information content (AvgIpc) is 2.30. The number of nitrogens with one attached hydrogen (secondary N) is 1. The van der Waals surface area contributed by atoms with Crippen molar-refractivity contribution in [1.29, 1.82) is 0 Å². The third-order valence-corrected chi connectivity index (χ3v) is 3.81. The Balaban J connectivity index is 2.54. The predicted octanol–water partition coefficient (Wildman–Crippen LogP) is 2.59. The SMILES string of the molecule is CCCC1CNC(C)(CC)CN1CCCF. The van der Waals surface area contributed by atoms with Crippen LogP contribution < -0.4 is 5.32 Å². The van der Waals surface area contributed by atoms with Crippen molar-refractivity contribution >= 4 is 0 Å². The van der Waals surface area contributed by atoms with E-state index < -0.39 is 0 Å². The van der Waals surface area contributed by atoms with Crippen LogP contribution >= 0.6 is 0 Å². The van der Waals surface area contributed by atoms with E-state index in [9.17, 15) is 4.39 Å². The van der Waals surface area contributed by atoms with Crippen molar-refractivity contribution < 1.29 is 4.39 Å². The van der Waals surface area contributed by atoms with Gasteiger partial charge in [0.25, 0.3) is 0 Å². The summed E-state index contributed by atoms with van der Waals surface area (Å²) in [6.45, 7) is 9.57. The highest BCUT2D eigenvalue weighted by atomic mass is 19.1. The van der Waals surface area contributed by atoms with E-state index in [1.807, 2.05) is 0 Å². The average molecular weight is 230 g/mol. The lowest BCUT2D eigenvalue weighted by molar-refractivity contribution is 0.0763. The molecule has 16 heavy (non-hydrogen) atoms. The Labute approximate surface area is 99.6 Å². The Kier molecular flexibility index (Phi) is 5.70. The van der Waals surface area contributed by atoms with Gasteiger partial charge in [-0.1, -0.05) is 20.3 Å². The van der Waals surface area contributed by atoms with Gasteiger partial charge in [-0.25, -0.2) is 0 Å². The second-order valence-electron chi connectivity index (χ2n) is 5.25. The molecule has 1 heterocycles. The highest BCUT2D eigenvalue weighted by molar-refractivity contribution is 4.94.